The smallest absolute Gasteiger partial charge is 0.243 e. The lowest BCUT2D eigenvalue weighted by atomic mass is 10.2. The molecule has 0 radical (unpaired) electrons. The number of sulfonamides is 1. The van der Waals surface area contributed by atoms with Crippen LogP contribution in [-0.2, 0) is 21.4 Å². The molecule has 31 heavy (non-hydrogen) atoms. The Hall–Kier alpha value is -3.17. The van der Waals surface area contributed by atoms with Crippen LogP contribution in [-0.4, -0.2) is 38.3 Å². The molecule has 1 N–H and O–H groups in total. The SMILES string of the molecule is Cc1cccc(OCCNC(=O)CN(Cc2ccco2)S(=O)(=O)c2ccc(F)cc2)c1. The zero-order valence-electron chi connectivity index (χ0n) is 17.0. The predicted molar refractivity (Wildman–Crippen MR) is 112 cm³/mol. The first kappa shape index (κ1) is 22.5. The minimum atomic E-state index is -4.05. The fourth-order valence-electron chi connectivity index (χ4n) is 2.84. The lowest BCUT2D eigenvalue weighted by molar-refractivity contribution is -0.121. The molecular weight excluding hydrogens is 423 g/mol. The Bertz CT molecular complexity index is 1100. The summed E-state index contributed by atoms with van der Waals surface area (Å²) < 4.78 is 51.0. The molecule has 0 aliphatic heterocycles. The van der Waals surface area contributed by atoms with E-state index in [9.17, 15) is 17.6 Å². The van der Waals surface area contributed by atoms with Crippen molar-refractivity contribution in [2.24, 2.45) is 0 Å². The molecule has 1 amide bonds. The number of benzene rings is 2. The summed E-state index contributed by atoms with van der Waals surface area (Å²) in [5.74, 6) is 0.0156. The summed E-state index contributed by atoms with van der Waals surface area (Å²) in [5.41, 5.74) is 1.06. The highest BCUT2D eigenvalue weighted by Crippen LogP contribution is 2.19. The summed E-state index contributed by atoms with van der Waals surface area (Å²) in [6, 6.07) is 15.2. The predicted octanol–water partition coefficient (Wildman–Crippen LogP) is 3.11. The Labute approximate surface area is 180 Å². The van der Waals surface area contributed by atoms with Gasteiger partial charge < -0.3 is 14.5 Å². The van der Waals surface area contributed by atoms with Gasteiger partial charge in [-0.25, -0.2) is 12.8 Å². The molecule has 0 atom stereocenters. The maximum atomic E-state index is 13.2. The highest BCUT2D eigenvalue weighted by molar-refractivity contribution is 7.89. The number of furan rings is 1. The number of nitrogens with zero attached hydrogens (tertiary/aromatic N) is 1. The van der Waals surface area contributed by atoms with Gasteiger partial charge in [-0.05, 0) is 61.0 Å². The second kappa shape index (κ2) is 10.2. The van der Waals surface area contributed by atoms with Crippen molar-refractivity contribution in [2.45, 2.75) is 18.4 Å². The second-order valence-corrected chi connectivity index (χ2v) is 8.76. The van der Waals surface area contributed by atoms with Gasteiger partial charge in [-0.3, -0.25) is 4.79 Å². The number of carbonyl (C=O) groups excluding carboxylic acids is 1. The normalized spacial score (nSPS) is 11.5. The van der Waals surface area contributed by atoms with Crippen molar-refractivity contribution in [2.75, 3.05) is 19.7 Å². The molecule has 3 aromatic rings. The highest BCUT2D eigenvalue weighted by atomic mass is 32.2. The van der Waals surface area contributed by atoms with E-state index in [1.807, 2.05) is 31.2 Å². The van der Waals surface area contributed by atoms with Crippen LogP contribution in [0.4, 0.5) is 4.39 Å². The fraction of sp³-hybridized carbons (Fsp3) is 0.227. The third-order valence-corrected chi connectivity index (χ3v) is 6.17. The zero-order chi connectivity index (χ0) is 22.3. The van der Waals surface area contributed by atoms with E-state index in [1.165, 1.54) is 6.26 Å². The van der Waals surface area contributed by atoms with Crippen LogP contribution >= 0.6 is 0 Å². The van der Waals surface area contributed by atoms with E-state index >= 15 is 0 Å². The maximum Gasteiger partial charge on any atom is 0.243 e. The first-order valence-electron chi connectivity index (χ1n) is 9.59. The number of rotatable bonds is 10. The van der Waals surface area contributed by atoms with E-state index in [4.69, 9.17) is 9.15 Å². The van der Waals surface area contributed by atoms with E-state index in [-0.39, 0.29) is 24.6 Å². The summed E-state index contributed by atoms with van der Waals surface area (Å²) in [5, 5.41) is 2.65. The molecule has 0 spiro atoms. The number of halogens is 1. The lowest BCUT2D eigenvalue weighted by Gasteiger charge is -2.21. The van der Waals surface area contributed by atoms with Gasteiger partial charge >= 0.3 is 0 Å². The highest BCUT2D eigenvalue weighted by Gasteiger charge is 2.27. The molecular formula is C22H23FN2O5S. The van der Waals surface area contributed by atoms with Crippen molar-refractivity contribution in [3.8, 4) is 5.75 Å². The van der Waals surface area contributed by atoms with Crippen LogP contribution < -0.4 is 10.1 Å². The molecule has 9 heteroatoms. The van der Waals surface area contributed by atoms with Crippen LogP contribution in [0.25, 0.3) is 0 Å². The standard InChI is InChI=1S/C22H23FN2O5S/c1-17-4-2-5-19(14-17)30-13-11-24-22(26)16-25(15-20-6-3-12-29-20)31(27,28)21-9-7-18(23)8-10-21/h2-10,12,14H,11,13,15-16H2,1H3,(H,24,26). The molecule has 1 heterocycles. The molecule has 164 valence electrons. The summed E-state index contributed by atoms with van der Waals surface area (Å²) in [4.78, 5) is 12.3. The maximum absolute atomic E-state index is 13.2. The number of hydrogen-bond donors (Lipinski definition) is 1. The van der Waals surface area contributed by atoms with Crippen LogP contribution in [0.2, 0.25) is 0 Å². The minimum Gasteiger partial charge on any atom is -0.492 e. The number of ether oxygens (including phenoxy) is 1. The number of aryl methyl sites for hydroxylation is 1. The molecule has 0 saturated carbocycles. The number of amides is 1. The Morgan fingerprint density at radius 2 is 1.90 bits per heavy atom. The molecule has 0 aliphatic rings. The van der Waals surface area contributed by atoms with Crippen molar-refractivity contribution in [3.63, 3.8) is 0 Å². The summed E-state index contributed by atoms with van der Waals surface area (Å²) in [7, 11) is -4.05. The van der Waals surface area contributed by atoms with Crippen molar-refractivity contribution >= 4 is 15.9 Å². The topological polar surface area (TPSA) is 88.8 Å². The minimum absolute atomic E-state index is 0.115. The first-order valence-corrected chi connectivity index (χ1v) is 11.0. The molecule has 3 rings (SSSR count). The van der Waals surface area contributed by atoms with E-state index < -0.39 is 28.3 Å². The number of hydrogen-bond acceptors (Lipinski definition) is 5. The second-order valence-electron chi connectivity index (χ2n) is 6.82. The molecule has 2 aromatic carbocycles. The third kappa shape index (κ3) is 6.40. The van der Waals surface area contributed by atoms with Gasteiger partial charge in [0.15, 0.2) is 0 Å². The van der Waals surface area contributed by atoms with Crippen molar-refractivity contribution in [1.82, 2.24) is 9.62 Å². The fourth-order valence-corrected chi connectivity index (χ4v) is 4.20. The average molecular weight is 447 g/mol. The Morgan fingerprint density at radius 3 is 2.58 bits per heavy atom. The van der Waals surface area contributed by atoms with Gasteiger partial charge in [-0.1, -0.05) is 12.1 Å². The van der Waals surface area contributed by atoms with Gasteiger partial charge in [0, 0.05) is 0 Å². The Kier molecular flexibility index (Phi) is 7.43. The molecule has 0 aliphatic carbocycles. The zero-order valence-corrected chi connectivity index (χ0v) is 17.8. The summed E-state index contributed by atoms with van der Waals surface area (Å²) in [6.45, 7) is 1.82. The van der Waals surface area contributed by atoms with Gasteiger partial charge in [0.25, 0.3) is 0 Å². The summed E-state index contributed by atoms with van der Waals surface area (Å²) in [6.07, 6.45) is 1.42. The van der Waals surface area contributed by atoms with E-state index in [1.54, 1.807) is 12.1 Å². The van der Waals surface area contributed by atoms with Gasteiger partial charge in [-0.15, -0.1) is 0 Å². The first-order chi connectivity index (χ1) is 14.8. The van der Waals surface area contributed by atoms with E-state index in [0.717, 1.165) is 34.1 Å². The number of carbonyl (C=O) groups is 1. The van der Waals surface area contributed by atoms with Gasteiger partial charge in [-0.2, -0.15) is 4.31 Å². The molecule has 0 fully saturated rings. The summed E-state index contributed by atoms with van der Waals surface area (Å²) >= 11 is 0. The largest absolute Gasteiger partial charge is 0.492 e. The molecule has 0 unspecified atom stereocenters. The monoisotopic (exact) mass is 446 g/mol. The van der Waals surface area contributed by atoms with Crippen LogP contribution in [0.1, 0.15) is 11.3 Å². The van der Waals surface area contributed by atoms with Crippen LogP contribution in [0.5, 0.6) is 5.75 Å². The van der Waals surface area contributed by atoms with Gasteiger partial charge in [0.2, 0.25) is 15.9 Å². The van der Waals surface area contributed by atoms with Crippen molar-refractivity contribution in [3.05, 3.63) is 84.1 Å². The molecule has 1 aromatic heterocycles. The van der Waals surface area contributed by atoms with Crippen molar-refractivity contribution < 1.29 is 26.8 Å². The van der Waals surface area contributed by atoms with E-state index in [2.05, 4.69) is 5.32 Å². The Morgan fingerprint density at radius 1 is 1.13 bits per heavy atom. The van der Waals surface area contributed by atoms with Crippen LogP contribution in [0.3, 0.4) is 0 Å². The molecule has 0 bridgehead atoms. The van der Waals surface area contributed by atoms with Gasteiger partial charge in [0.05, 0.1) is 30.8 Å². The molecule has 0 saturated heterocycles. The average Bonchev–Trinajstić information content (AvgIpc) is 3.24. The Balaban J connectivity index is 1.62. The quantitative estimate of drug-likeness (QED) is 0.484. The van der Waals surface area contributed by atoms with Crippen LogP contribution in [0, 0.1) is 12.7 Å². The van der Waals surface area contributed by atoms with E-state index in [0.29, 0.717) is 11.5 Å². The third-order valence-electron chi connectivity index (χ3n) is 4.37. The molecule has 7 nitrogen and oxygen atoms in total. The lowest BCUT2D eigenvalue weighted by Crippen LogP contribution is -2.41. The van der Waals surface area contributed by atoms with Crippen LogP contribution in [0.15, 0.2) is 76.2 Å². The van der Waals surface area contributed by atoms with Gasteiger partial charge in [0.1, 0.15) is 23.9 Å². The van der Waals surface area contributed by atoms with Crippen molar-refractivity contribution in [1.29, 1.82) is 0 Å². The number of nitrogens with one attached hydrogen (secondary N) is 1.